The van der Waals surface area contributed by atoms with Gasteiger partial charge in [-0.25, -0.2) is 4.98 Å². The number of hydrogen-bond donors (Lipinski definition) is 1. The summed E-state index contributed by atoms with van der Waals surface area (Å²) in [7, 11) is 2.03. The number of pyridine rings is 1. The first-order chi connectivity index (χ1) is 11.7. The van der Waals surface area contributed by atoms with Crippen molar-refractivity contribution < 1.29 is 4.79 Å². The Morgan fingerprint density at radius 3 is 2.92 bits per heavy atom. The third kappa shape index (κ3) is 4.02. The predicted octanol–water partition coefficient (Wildman–Crippen LogP) is 1.82. The summed E-state index contributed by atoms with van der Waals surface area (Å²) in [5, 5.41) is 3.06. The SMILES string of the molecule is Cl.Cn1ccnc1CN1CCc2c(CNC(=O)C3CC3)cncc2C1. The van der Waals surface area contributed by atoms with E-state index >= 15 is 0 Å². The van der Waals surface area contributed by atoms with Crippen LogP contribution < -0.4 is 5.32 Å². The Morgan fingerprint density at radius 1 is 1.36 bits per heavy atom. The summed E-state index contributed by atoms with van der Waals surface area (Å²) in [6.07, 6.45) is 10.8. The highest BCUT2D eigenvalue weighted by Crippen LogP contribution is 2.29. The number of nitrogens with one attached hydrogen (secondary N) is 1. The fourth-order valence-corrected chi connectivity index (χ4v) is 3.33. The van der Waals surface area contributed by atoms with Crippen LogP contribution >= 0.6 is 12.4 Å². The number of halogens is 1. The van der Waals surface area contributed by atoms with Crippen molar-refractivity contribution in [3.8, 4) is 0 Å². The van der Waals surface area contributed by atoms with Gasteiger partial charge in [-0.05, 0) is 36.0 Å². The summed E-state index contributed by atoms with van der Waals surface area (Å²) in [5.41, 5.74) is 3.80. The zero-order valence-electron chi connectivity index (χ0n) is 14.4. The average molecular weight is 362 g/mol. The quantitative estimate of drug-likeness (QED) is 0.882. The van der Waals surface area contributed by atoms with Crippen molar-refractivity contribution in [1.82, 2.24) is 24.8 Å². The Labute approximate surface area is 154 Å². The monoisotopic (exact) mass is 361 g/mol. The van der Waals surface area contributed by atoms with Crippen LogP contribution in [0.5, 0.6) is 0 Å². The molecule has 0 atom stereocenters. The Balaban J connectivity index is 0.00000182. The minimum atomic E-state index is 0. The molecule has 25 heavy (non-hydrogen) atoms. The van der Waals surface area contributed by atoms with E-state index in [9.17, 15) is 4.79 Å². The predicted molar refractivity (Wildman–Crippen MR) is 97.1 cm³/mol. The van der Waals surface area contributed by atoms with Gasteiger partial charge >= 0.3 is 0 Å². The molecule has 1 amide bonds. The molecule has 2 aromatic heterocycles. The van der Waals surface area contributed by atoms with Crippen molar-refractivity contribution in [2.24, 2.45) is 13.0 Å². The molecule has 0 unspecified atom stereocenters. The van der Waals surface area contributed by atoms with E-state index in [2.05, 4.69) is 24.8 Å². The first-order valence-corrected chi connectivity index (χ1v) is 8.61. The lowest BCUT2D eigenvalue weighted by atomic mass is 9.97. The molecule has 0 bridgehead atoms. The number of nitrogens with zero attached hydrogens (tertiary/aromatic N) is 4. The Kier molecular flexibility index (Phi) is 5.39. The number of carbonyl (C=O) groups excluding carboxylic acids is 1. The van der Waals surface area contributed by atoms with Gasteiger partial charge in [0, 0.05) is 57.4 Å². The molecule has 3 heterocycles. The van der Waals surface area contributed by atoms with Gasteiger partial charge in [-0.1, -0.05) is 0 Å². The summed E-state index contributed by atoms with van der Waals surface area (Å²) >= 11 is 0. The van der Waals surface area contributed by atoms with Crippen LogP contribution in [0.25, 0.3) is 0 Å². The molecule has 1 aliphatic heterocycles. The molecule has 0 spiro atoms. The number of fused-ring (bicyclic) bond motifs is 1. The third-order valence-corrected chi connectivity index (χ3v) is 5.00. The van der Waals surface area contributed by atoms with Gasteiger partial charge in [0.15, 0.2) is 0 Å². The lowest BCUT2D eigenvalue weighted by Gasteiger charge is -2.29. The number of rotatable bonds is 5. The van der Waals surface area contributed by atoms with Gasteiger partial charge in [0.25, 0.3) is 0 Å². The van der Waals surface area contributed by atoms with Crippen molar-refractivity contribution in [3.63, 3.8) is 0 Å². The third-order valence-electron chi connectivity index (χ3n) is 5.00. The van der Waals surface area contributed by atoms with E-state index in [1.807, 2.05) is 31.8 Å². The molecule has 0 saturated heterocycles. The molecule has 2 aliphatic rings. The molecule has 2 aromatic rings. The molecule has 0 aromatic carbocycles. The fraction of sp³-hybridized carbons (Fsp3) is 0.500. The largest absolute Gasteiger partial charge is 0.352 e. The molecule has 6 nitrogen and oxygen atoms in total. The van der Waals surface area contributed by atoms with Crippen LogP contribution in [-0.2, 0) is 37.9 Å². The van der Waals surface area contributed by atoms with Gasteiger partial charge in [-0.15, -0.1) is 12.4 Å². The van der Waals surface area contributed by atoms with Crippen LogP contribution in [0, 0.1) is 5.92 Å². The van der Waals surface area contributed by atoms with Gasteiger partial charge in [0.1, 0.15) is 5.82 Å². The molecular formula is C18H24ClN5O. The highest BCUT2D eigenvalue weighted by Gasteiger charge is 2.29. The fourth-order valence-electron chi connectivity index (χ4n) is 3.33. The van der Waals surface area contributed by atoms with E-state index in [1.165, 1.54) is 11.1 Å². The Bertz CT molecular complexity index is 756. The molecule has 1 fully saturated rings. The summed E-state index contributed by atoms with van der Waals surface area (Å²) in [5.74, 6) is 1.53. The minimum Gasteiger partial charge on any atom is -0.352 e. The second-order valence-electron chi connectivity index (χ2n) is 6.84. The summed E-state index contributed by atoms with van der Waals surface area (Å²) < 4.78 is 2.07. The van der Waals surface area contributed by atoms with Crippen LogP contribution in [0.15, 0.2) is 24.8 Å². The number of aromatic nitrogens is 3. The highest BCUT2D eigenvalue weighted by atomic mass is 35.5. The van der Waals surface area contributed by atoms with Gasteiger partial charge in [0.2, 0.25) is 5.91 Å². The van der Waals surface area contributed by atoms with Crippen LogP contribution in [0.1, 0.15) is 35.4 Å². The number of carbonyl (C=O) groups is 1. The Morgan fingerprint density at radius 2 is 2.20 bits per heavy atom. The zero-order chi connectivity index (χ0) is 16.5. The van der Waals surface area contributed by atoms with Gasteiger partial charge in [-0.3, -0.25) is 14.7 Å². The first kappa shape index (κ1) is 17.9. The van der Waals surface area contributed by atoms with Gasteiger partial charge in [0.05, 0.1) is 6.54 Å². The van der Waals surface area contributed by atoms with Gasteiger partial charge in [-0.2, -0.15) is 0 Å². The summed E-state index contributed by atoms with van der Waals surface area (Å²) in [4.78, 5) is 23.1. The summed E-state index contributed by atoms with van der Waals surface area (Å²) in [6, 6.07) is 0. The van der Waals surface area contributed by atoms with Crippen LogP contribution in [0.2, 0.25) is 0 Å². The van der Waals surface area contributed by atoms with Crippen molar-refractivity contribution in [2.45, 2.75) is 38.9 Å². The normalized spacial score (nSPS) is 16.8. The van der Waals surface area contributed by atoms with Crippen molar-refractivity contribution in [1.29, 1.82) is 0 Å². The minimum absolute atomic E-state index is 0. The maximum atomic E-state index is 11.9. The number of imidazole rings is 1. The molecule has 1 N–H and O–H groups in total. The molecule has 1 aliphatic carbocycles. The van der Waals surface area contributed by atoms with E-state index in [0.717, 1.165) is 50.3 Å². The molecule has 7 heteroatoms. The highest BCUT2D eigenvalue weighted by molar-refractivity contribution is 5.85. The van der Waals surface area contributed by atoms with E-state index < -0.39 is 0 Å². The number of amides is 1. The van der Waals surface area contributed by atoms with Crippen LogP contribution in [-0.4, -0.2) is 31.9 Å². The summed E-state index contributed by atoms with van der Waals surface area (Å²) in [6.45, 7) is 3.35. The standard InChI is InChI=1S/C18H23N5O.ClH/c1-22-7-5-20-17(22)12-23-6-4-16-14(8-19-9-15(16)11-23)10-21-18(24)13-2-3-13;/h5,7-9,13H,2-4,6,10-12H2,1H3,(H,21,24);1H. The van der Waals surface area contributed by atoms with Crippen LogP contribution in [0.4, 0.5) is 0 Å². The number of aryl methyl sites for hydroxylation is 1. The second-order valence-corrected chi connectivity index (χ2v) is 6.84. The van der Waals surface area contributed by atoms with Crippen molar-refractivity contribution in [3.05, 3.63) is 47.3 Å². The van der Waals surface area contributed by atoms with Gasteiger partial charge < -0.3 is 9.88 Å². The number of hydrogen-bond acceptors (Lipinski definition) is 4. The smallest absolute Gasteiger partial charge is 0.223 e. The zero-order valence-corrected chi connectivity index (χ0v) is 15.3. The van der Waals surface area contributed by atoms with Crippen LogP contribution in [0.3, 0.4) is 0 Å². The van der Waals surface area contributed by atoms with E-state index in [0.29, 0.717) is 6.54 Å². The first-order valence-electron chi connectivity index (χ1n) is 8.61. The average Bonchev–Trinajstić information content (AvgIpc) is 3.37. The second kappa shape index (κ2) is 7.54. The van der Waals surface area contributed by atoms with E-state index in [-0.39, 0.29) is 24.2 Å². The molecule has 134 valence electrons. The molecule has 1 saturated carbocycles. The van der Waals surface area contributed by atoms with E-state index in [4.69, 9.17) is 0 Å². The Hall–Kier alpha value is -1.92. The lowest BCUT2D eigenvalue weighted by molar-refractivity contribution is -0.122. The topological polar surface area (TPSA) is 63.1 Å². The molecule has 0 radical (unpaired) electrons. The van der Waals surface area contributed by atoms with Crippen molar-refractivity contribution >= 4 is 18.3 Å². The van der Waals surface area contributed by atoms with Crippen molar-refractivity contribution in [2.75, 3.05) is 6.54 Å². The maximum absolute atomic E-state index is 11.9. The molecular weight excluding hydrogens is 338 g/mol. The lowest BCUT2D eigenvalue weighted by Crippen LogP contribution is -2.32. The maximum Gasteiger partial charge on any atom is 0.223 e. The van der Waals surface area contributed by atoms with E-state index in [1.54, 1.807) is 0 Å². The molecule has 4 rings (SSSR count).